The minimum atomic E-state index is 0.638. The van der Waals surface area contributed by atoms with Crippen LogP contribution < -0.4 is 5.32 Å². The lowest BCUT2D eigenvalue weighted by molar-refractivity contribution is 0.673. The van der Waals surface area contributed by atoms with Gasteiger partial charge in [-0.2, -0.15) is 5.10 Å². The molecule has 0 aliphatic carbocycles. The third kappa shape index (κ3) is 3.44. The van der Waals surface area contributed by atoms with E-state index < -0.39 is 0 Å². The van der Waals surface area contributed by atoms with Crippen LogP contribution in [0.2, 0.25) is 5.02 Å². The monoisotopic (exact) mass is 306 g/mol. The predicted molar refractivity (Wildman–Crippen MR) is 87.2 cm³/mol. The lowest BCUT2D eigenvalue weighted by atomic mass is 10.1. The van der Waals surface area contributed by atoms with E-state index in [4.69, 9.17) is 11.6 Å². The molecule has 0 fully saturated rings. The van der Waals surface area contributed by atoms with Gasteiger partial charge in [-0.05, 0) is 50.4 Å². The normalized spacial score (nSPS) is 11.1. The fraction of sp³-hybridized carbons (Fsp3) is 0.500. The van der Waals surface area contributed by atoms with Crippen LogP contribution in [0.3, 0.4) is 0 Å². The number of halogens is 1. The lowest BCUT2D eigenvalue weighted by Crippen LogP contribution is -2.14. The summed E-state index contributed by atoms with van der Waals surface area (Å²) in [4.78, 5) is 4.51. The van der Waals surface area contributed by atoms with Crippen molar-refractivity contribution in [1.29, 1.82) is 0 Å². The molecule has 0 aromatic carbocycles. The van der Waals surface area contributed by atoms with E-state index in [0.29, 0.717) is 10.8 Å². The number of hydrogen-bond acceptors (Lipinski definition) is 3. The third-order valence-corrected chi connectivity index (χ3v) is 3.91. The maximum absolute atomic E-state index is 6.40. The largest absolute Gasteiger partial charge is 0.313 e. The first-order valence-electron chi connectivity index (χ1n) is 7.49. The number of pyridine rings is 1. The van der Waals surface area contributed by atoms with Crippen molar-refractivity contribution < 1.29 is 0 Å². The van der Waals surface area contributed by atoms with Gasteiger partial charge in [0.05, 0.1) is 10.7 Å². The molecule has 0 amide bonds. The van der Waals surface area contributed by atoms with Gasteiger partial charge in [-0.3, -0.25) is 0 Å². The molecule has 5 heteroatoms. The van der Waals surface area contributed by atoms with E-state index in [1.807, 2.05) is 23.9 Å². The van der Waals surface area contributed by atoms with Gasteiger partial charge in [-0.25, -0.2) is 9.67 Å². The van der Waals surface area contributed by atoms with Crippen LogP contribution in [-0.4, -0.2) is 21.3 Å². The minimum absolute atomic E-state index is 0.638. The zero-order chi connectivity index (χ0) is 15.4. The highest BCUT2D eigenvalue weighted by Crippen LogP contribution is 2.23. The maximum atomic E-state index is 6.40. The van der Waals surface area contributed by atoms with E-state index in [0.717, 1.165) is 42.9 Å². The zero-order valence-corrected chi connectivity index (χ0v) is 14.0. The van der Waals surface area contributed by atoms with E-state index in [-0.39, 0.29) is 0 Å². The molecule has 0 saturated heterocycles. The highest BCUT2D eigenvalue weighted by molar-refractivity contribution is 6.32. The Labute approximate surface area is 131 Å². The van der Waals surface area contributed by atoms with Crippen LogP contribution in [0.4, 0.5) is 0 Å². The van der Waals surface area contributed by atoms with Gasteiger partial charge in [0, 0.05) is 18.4 Å². The molecule has 2 aromatic heterocycles. The summed E-state index contributed by atoms with van der Waals surface area (Å²) in [7, 11) is 0. The Morgan fingerprint density at radius 2 is 2.05 bits per heavy atom. The van der Waals surface area contributed by atoms with Gasteiger partial charge in [-0.1, -0.05) is 25.4 Å². The summed E-state index contributed by atoms with van der Waals surface area (Å²) < 4.78 is 1.85. The molecule has 2 aromatic rings. The Morgan fingerprint density at radius 3 is 2.62 bits per heavy atom. The van der Waals surface area contributed by atoms with Gasteiger partial charge in [0.2, 0.25) is 0 Å². The van der Waals surface area contributed by atoms with Crippen molar-refractivity contribution in [2.45, 2.75) is 47.1 Å². The van der Waals surface area contributed by atoms with Crippen LogP contribution in [0.1, 0.15) is 42.8 Å². The third-order valence-electron chi connectivity index (χ3n) is 3.63. The lowest BCUT2D eigenvalue weighted by Gasteiger charge is -2.09. The van der Waals surface area contributed by atoms with E-state index in [2.05, 4.69) is 36.2 Å². The molecule has 0 radical (unpaired) electrons. The van der Waals surface area contributed by atoms with Crippen molar-refractivity contribution in [1.82, 2.24) is 20.1 Å². The van der Waals surface area contributed by atoms with Gasteiger partial charge in [-0.15, -0.1) is 0 Å². The first kappa shape index (κ1) is 16.0. The molecule has 2 heterocycles. The second-order valence-electron chi connectivity index (χ2n) is 5.24. The van der Waals surface area contributed by atoms with Gasteiger partial charge >= 0.3 is 0 Å². The molecule has 0 spiro atoms. The van der Waals surface area contributed by atoms with E-state index in [9.17, 15) is 0 Å². The number of aromatic nitrogens is 3. The molecular weight excluding hydrogens is 284 g/mol. The average Bonchev–Trinajstić information content (AvgIpc) is 2.74. The molecule has 1 N–H and O–H groups in total. The molecule has 114 valence electrons. The van der Waals surface area contributed by atoms with Crippen molar-refractivity contribution in [2.24, 2.45) is 0 Å². The van der Waals surface area contributed by atoms with Crippen molar-refractivity contribution >= 4 is 11.6 Å². The first-order valence-corrected chi connectivity index (χ1v) is 7.86. The molecule has 0 saturated carbocycles. The fourth-order valence-corrected chi connectivity index (χ4v) is 2.79. The summed E-state index contributed by atoms with van der Waals surface area (Å²) in [5.74, 6) is 0.705. The molecular formula is C16H23ClN4. The van der Waals surface area contributed by atoms with Gasteiger partial charge in [0.25, 0.3) is 0 Å². The summed E-state index contributed by atoms with van der Waals surface area (Å²) in [5, 5.41) is 8.56. The number of nitrogens with zero attached hydrogens (tertiary/aromatic N) is 3. The second-order valence-corrected chi connectivity index (χ2v) is 5.65. The maximum Gasteiger partial charge on any atom is 0.172 e. The van der Waals surface area contributed by atoms with Gasteiger partial charge < -0.3 is 5.32 Å². The summed E-state index contributed by atoms with van der Waals surface area (Å²) in [6, 6.07) is 1.97. The predicted octanol–water partition coefficient (Wildman–Crippen LogP) is 3.60. The smallest absolute Gasteiger partial charge is 0.172 e. The molecule has 21 heavy (non-hydrogen) atoms. The topological polar surface area (TPSA) is 42.7 Å². The molecule has 2 rings (SSSR count). The fourth-order valence-electron chi connectivity index (χ4n) is 2.53. The molecule has 0 atom stereocenters. The van der Waals surface area contributed by atoms with Gasteiger partial charge in [0.15, 0.2) is 5.82 Å². The Balaban J connectivity index is 2.29. The van der Waals surface area contributed by atoms with Crippen LogP contribution in [0.25, 0.3) is 5.82 Å². The summed E-state index contributed by atoms with van der Waals surface area (Å²) >= 11 is 6.40. The van der Waals surface area contributed by atoms with E-state index in [1.165, 1.54) is 5.56 Å². The Hall–Kier alpha value is -1.39. The van der Waals surface area contributed by atoms with Crippen molar-refractivity contribution in [3.63, 3.8) is 0 Å². The molecule has 0 aliphatic heterocycles. The van der Waals surface area contributed by atoms with Crippen LogP contribution in [0, 0.1) is 13.8 Å². The second kappa shape index (κ2) is 7.05. The highest BCUT2D eigenvalue weighted by Gasteiger charge is 2.14. The summed E-state index contributed by atoms with van der Waals surface area (Å²) in [6.07, 6.45) is 3.95. The van der Waals surface area contributed by atoms with Gasteiger partial charge in [0.1, 0.15) is 0 Å². The van der Waals surface area contributed by atoms with Crippen molar-refractivity contribution in [3.8, 4) is 5.82 Å². The molecule has 4 nitrogen and oxygen atoms in total. The van der Waals surface area contributed by atoms with Crippen LogP contribution in [-0.2, 0) is 13.0 Å². The summed E-state index contributed by atoms with van der Waals surface area (Å²) in [5.41, 5.74) is 4.51. The van der Waals surface area contributed by atoms with E-state index >= 15 is 0 Å². The molecule has 0 bridgehead atoms. The van der Waals surface area contributed by atoms with Crippen LogP contribution in [0.5, 0.6) is 0 Å². The number of hydrogen-bond donors (Lipinski definition) is 1. The standard InChI is InChI=1S/C16H23ClN4/c1-5-7-18-9-13-8-15(17)16(19-10-13)21-12(4)14(6-2)11(3)20-21/h8,10,18H,5-7,9H2,1-4H3. The van der Waals surface area contributed by atoms with Crippen LogP contribution in [0.15, 0.2) is 12.3 Å². The quantitative estimate of drug-likeness (QED) is 0.829. The highest BCUT2D eigenvalue weighted by atomic mass is 35.5. The minimum Gasteiger partial charge on any atom is -0.313 e. The number of aryl methyl sites for hydroxylation is 1. The Bertz CT molecular complexity index is 619. The number of rotatable bonds is 6. The SMILES string of the molecule is CCCNCc1cnc(-n2nc(C)c(CC)c2C)c(Cl)c1. The van der Waals surface area contributed by atoms with Crippen LogP contribution >= 0.6 is 11.6 Å². The average molecular weight is 307 g/mol. The zero-order valence-electron chi connectivity index (χ0n) is 13.2. The number of nitrogens with one attached hydrogen (secondary N) is 1. The Morgan fingerprint density at radius 1 is 1.29 bits per heavy atom. The Kier molecular flexibility index (Phi) is 5.37. The molecule has 0 unspecified atom stereocenters. The van der Waals surface area contributed by atoms with Crippen molar-refractivity contribution in [3.05, 3.63) is 39.8 Å². The molecule has 0 aliphatic rings. The summed E-state index contributed by atoms with van der Waals surface area (Å²) in [6.45, 7) is 10.2. The van der Waals surface area contributed by atoms with E-state index in [1.54, 1.807) is 0 Å². The first-order chi connectivity index (χ1) is 10.1. The van der Waals surface area contributed by atoms with Crippen molar-refractivity contribution in [2.75, 3.05) is 6.54 Å².